The van der Waals surface area contributed by atoms with E-state index in [9.17, 15) is 9.59 Å². The predicted molar refractivity (Wildman–Crippen MR) is 136 cm³/mol. The Hall–Kier alpha value is -3.90. The summed E-state index contributed by atoms with van der Waals surface area (Å²) in [6, 6.07) is 23.6. The molecule has 0 aromatic heterocycles. The van der Waals surface area contributed by atoms with Gasteiger partial charge in [0.1, 0.15) is 6.61 Å². The van der Waals surface area contributed by atoms with E-state index < -0.39 is 0 Å². The Morgan fingerprint density at radius 2 is 1.53 bits per heavy atom. The van der Waals surface area contributed by atoms with Crippen LogP contribution in [0.25, 0.3) is 16.7 Å². The fourth-order valence-corrected chi connectivity index (χ4v) is 5.80. The van der Waals surface area contributed by atoms with Gasteiger partial charge in [-0.2, -0.15) is 0 Å². The van der Waals surface area contributed by atoms with Crippen molar-refractivity contribution < 1.29 is 23.8 Å². The third-order valence-electron chi connectivity index (χ3n) is 7.42. The van der Waals surface area contributed by atoms with E-state index in [-0.39, 0.29) is 36.7 Å². The number of methoxy groups -OCH3 is 1. The second-order valence-corrected chi connectivity index (χ2v) is 9.40. The largest absolute Gasteiger partial charge is 0.465 e. The molecule has 2 bridgehead atoms. The van der Waals surface area contributed by atoms with Gasteiger partial charge in [0.15, 0.2) is 0 Å². The Bertz CT molecular complexity index is 1320. The Balaban J connectivity index is 1.23. The van der Waals surface area contributed by atoms with E-state index in [2.05, 4.69) is 24.3 Å². The zero-order valence-electron chi connectivity index (χ0n) is 20.1. The summed E-state index contributed by atoms with van der Waals surface area (Å²) in [5.41, 5.74) is 7.18. The Labute approximate surface area is 210 Å². The first-order valence-electron chi connectivity index (χ1n) is 12.2. The average Bonchev–Trinajstić information content (AvgIpc) is 3.24. The number of rotatable bonds is 4. The normalized spacial score (nSPS) is 20.2. The molecule has 6 nitrogen and oxygen atoms in total. The van der Waals surface area contributed by atoms with Crippen LogP contribution in [0.5, 0.6) is 0 Å². The van der Waals surface area contributed by atoms with Gasteiger partial charge in [0.2, 0.25) is 0 Å². The molecule has 2 atom stereocenters. The summed E-state index contributed by atoms with van der Waals surface area (Å²) in [5.74, 6) is -0.354. The first kappa shape index (κ1) is 22.6. The topological polar surface area (TPSA) is 65.1 Å². The van der Waals surface area contributed by atoms with Crippen molar-refractivity contribution >= 4 is 17.6 Å². The number of benzene rings is 3. The van der Waals surface area contributed by atoms with Gasteiger partial charge in [0.25, 0.3) is 0 Å². The van der Waals surface area contributed by atoms with Crippen molar-refractivity contribution in [2.75, 3.05) is 26.9 Å². The van der Waals surface area contributed by atoms with Gasteiger partial charge < -0.3 is 14.2 Å². The lowest BCUT2D eigenvalue weighted by Gasteiger charge is -2.44. The van der Waals surface area contributed by atoms with Crippen molar-refractivity contribution in [3.63, 3.8) is 0 Å². The van der Waals surface area contributed by atoms with Gasteiger partial charge >= 0.3 is 12.1 Å². The summed E-state index contributed by atoms with van der Waals surface area (Å²) >= 11 is 0. The van der Waals surface area contributed by atoms with E-state index in [0.717, 1.165) is 11.1 Å². The molecule has 1 saturated heterocycles. The highest BCUT2D eigenvalue weighted by Crippen LogP contribution is 2.44. The molecular formula is C30H27NO5. The summed E-state index contributed by atoms with van der Waals surface area (Å²) in [5, 5.41) is 0. The summed E-state index contributed by atoms with van der Waals surface area (Å²) in [6.45, 7) is 1.11. The molecule has 0 N–H and O–H groups in total. The summed E-state index contributed by atoms with van der Waals surface area (Å²) in [4.78, 5) is 27.5. The van der Waals surface area contributed by atoms with Gasteiger partial charge in [-0.3, -0.25) is 4.90 Å². The van der Waals surface area contributed by atoms with Gasteiger partial charge in [-0.1, -0.05) is 72.8 Å². The molecule has 0 radical (unpaired) electrons. The number of nitrogens with zero attached hydrogens (tertiary/aromatic N) is 1. The number of hydrogen-bond acceptors (Lipinski definition) is 5. The van der Waals surface area contributed by atoms with Crippen LogP contribution in [-0.2, 0) is 14.2 Å². The van der Waals surface area contributed by atoms with Crippen LogP contribution >= 0.6 is 0 Å². The minimum Gasteiger partial charge on any atom is -0.465 e. The smallest absolute Gasteiger partial charge is 0.410 e. The maximum Gasteiger partial charge on any atom is 0.410 e. The molecular weight excluding hydrogens is 454 g/mol. The molecule has 1 amide bonds. The fraction of sp³-hybridized carbons (Fsp3) is 0.267. The minimum absolute atomic E-state index is 0.0141. The molecule has 6 rings (SSSR count). The second-order valence-electron chi connectivity index (χ2n) is 9.40. The SMILES string of the molecule is COC(=O)c1ccccc1C1=CC2COCC(C1)N2C(=O)OCC1c2ccccc2-c2ccccc21. The monoisotopic (exact) mass is 481 g/mol. The summed E-state index contributed by atoms with van der Waals surface area (Å²) < 4.78 is 16.7. The minimum atomic E-state index is -0.369. The molecule has 182 valence electrons. The first-order chi connectivity index (χ1) is 17.7. The molecule has 2 unspecified atom stereocenters. The van der Waals surface area contributed by atoms with E-state index >= 15 is 0 Å². The standard InChI is InChI=1S/C30H27NO5/c1-34-29(32)27-13-7-2-8-22(27)19-14-20-16-35-17-21(15-19)31(20)30(33)36-18-28-25-11-5-3-9-23(25)24-10-4-6-12-26(24)28/h2-14,20-21,28H,15-18H2,1H3. The third kappa shape index (κ3) is 3.78. The molecule has 0 spiro atoms. The zero-order valence-corrected chi connectivity index (χ0v) is 20.1. The van der Waals surface area contributed by atoms with Crippen LogP contribution in [0.4, 0.5) is 4.79 Å². The van der Waals surface area contributed by atoms with Crippen molar-refractivity contribution in [1.29, 1.82) is 0 Å². The lowest BCUT2D eigenvalue weighted by atomic mass is 9.88. The molecule has 0 saturated carbocycles. The predicted octanol–water partition coefficient (Wildman–Crippen LogP) is 5.28. The van der Waals surface area contributed by atoms with Crippen LogP contribution in [0.15, 0.2) is 78.9 Å². The third-order valence-corrected chi connectivity index (χ3v) is 7.42. The maximum atomic E-state index is 13.4. The van der Waals surface area contributed by atoms with E-state index in [4.69, 9.17) is 14.2 Å². The highest BCUT2D eigenvalue weighted by Gasteiger charge is 2.40. The van der Waals surface area contributed by atoms with Crippen molar-refractivity contribution in [3.8, 4) is 11.1 Å². The van der Waals surface area contributed by atoms with Crippen LogP contribution in [0.1, 0.15) is 39.4 Å². The lowest BCUT2D eigenvalue weighted by Crippen LogP contribution is -2.56. The van der Waals surface area contributed by atoms with E-state index in [0.29, 0.717) is 25.2 Å². The van der Waals surface area contributed by atoms with Crippen molar-refractivity contribution in [2.24, 2.45) is 0 Å². The maximum absolute atomic E-state index is 13.4. The number of amides is 1. The molecule has 1 aliphatic carbocycles. The lowest BCUT2D eigenvalue weighted by molar-refractivity contribution is -0.0331. The van der Waals surface area contributed by atoms with Crippen LogP contribution in [0, 0.1) is 0 Å². The van der Waals surface area contributed by atoms with Gasteiger partial charge in [-0.05, 0) is 45.9 Å². The Morgan fingerprint density at radius 3 is 2.19 bits per heavy atom. The number of esters is 1. The zero-order chi connectivity index (χ0) is 24.6. The molecule has 2 aliphatic heterocycles. The van der Waals surface area contributed by atoms with E-state index in [1.807, 2.05) is 48.5 Å². The van der Waals surface area contributed by atoms with Crippen LogP contribution in [0.2, 0.25) is 0 Å². The van der Waals surface area contributed by atoms with Crippen LogP contribution in [-0.4, -0.2) is 56.0 Å². The number of carbonyl (C=O) groups excluding carboxylic acids is 2. The number of ether oxygens (including phenoxy) is 3. The van der Waals surface area contributed by atoms with E-state index in [1.165, 1.54) is 29.4 Å². The highest BCUT2D eigenvalue weighted by atomic mass is 16.6. The van der Waals surface area contributed by atoms with Gasteiger partial charge in [0.05, 0.1) is 38.0 Å². The number of fused-ring (bicyclic) bond motifs is 5. The molecule has 3 aromatic carbocycles. The molecule has 6 heteroatoms. The number of hydrogen-bond donors (Lipinski definition) is 0. The van der Waals surface area contributed by atoms with Crippen LogP contribution in [0.3, 0.4) is 0 Å². The summed E-state index contributed by atoms with van der Waals surface area (Å²) in [7, 11) is 1.38. The van der Waals surface area contributed by atoms with Crippen molar-refractivity contribution in [2.45, 2.75) is 24.4 Å². The molecule has 2 heterocycles. The second kappa shape index (κ2) is 9.28. The molecule has 3 aromatic rings. The van der Waals surface area contributed by atoms with Crippen molar-refractivity contribution in [3.05, 3.63) is 101 Å². The van der Waals surface area contributed by atoms with Crippen LogP contribution < -0.4 is 0 Å². The quantitative estimate of drug-likeness (QED) is 0.475. The molecule has 3 aliphatic rings. The molecule has 1 fully saturated rings. The number of carbonyl (C=O) groups is 2. The Kier molecular flexibility index (Phi) is 5.82. The van der Waals surface area contributed by atoms with Gasteiger partial charge in [0, 0.05) is 5.92 Å². The summed E-state index contributed by atoms with van der Waals surface area (Å²) in [6.07, 6.45) is 2.28. The average molecular weight is 482 g/mol. The molecule has 36 heavy (non-hydrogen) atoms. The first-order valence-corrected chi connectivity index (χ1v) is 12.2. The number of morpholine rings is 1. The van der Waals surface area contributed by atoms with Gasteiger partial charge in [-0.25, -0.2) is 9.59 Å². The fourth-order valence-electron chi connectivity index (χ4n) is 5.80. The van der Waals surface area contributed by atoms with E-state index in [1.54, 1.807) is 11.0 Å². The van der Waals surface area contributed by atoms with Crippen molar-refractivity contribution in [1.82, 2.24) is 4.90 Å². The highest BCUT2D eigenvalue weighted by molar-refractivity contribution is 5.95. The van der Waals surface area contributed by atoms with Gasteiger partial charge in [-0.15, -0.1) is 0 Å². The Morgan fingerprint density at radius 1 is 0.889 bits per heavy atom.